The maximum absolute atomic E-state index is 12.6. The number of hydrogen-bond acceptors (Lipinski definition) is 4. The number of sulfonamides is 1. The van der Waals surface area contributed by atoms with Gasteiger partial charge in [-0.2, -0.15) is 9.40 Å². The fourth-order valence-electron chi connectivity index (χ4n) is 2.50. The first-order chi connectivity index (χ1) is 9.98. The first-order valence-corrected chi connectivity index (χ1v) is 9.08. The first-order valence-electron chi connectivity index (χ1n) is 7.10. The molecule has 6 nitrogen and oxygen atoms in total. The fraction of sp³-hybridized carbons (Fsp3) is 0.769. The molecule has 2 heterocycles. The summed E-state index contributed by atoms with van der Waals surface area (Å²) in [5.41, 5.74) is 0. The lowest BCUT2D eigenvalue weighted by molar-refractivity contribution is 0.0184. The number of halogens is 1. The van der Waals surface area contributed by atoms with Gasteiger partial charge in [0.25, 0.3) is 0 Å². The van der Waals surface area contributed by atoms with E-state index < -0.39 is 10.0 Å². The van der Waals surface area contributed by atoms with Crippen LogP contribution in [0.4, 0.5) is 0 Å². The van der Waals surface area contributed by atoms with E-state index in [2.05, 4.69) is 12.0 Å². The van der Waals surface area contributed by atoms with Crippen LogP contribution in [0.3, 0.4) is 0 Å². The van der Waals surface area contributed by atoms with Gasteiger partial charge in [0.2, 0.25) is 10.0 Å². The van der Waals surface area contributed by atoms with Crippen LogP contribution < -0.4 is 0 Å². The predicted molar refractivity (Wildman–Crippen MR) is 80.9 cm³/mol. The minimum absolute atomic E-state index is 0.0557. The summed E-state index contributed by atoms with van der Waals surface area (Å²) < 4.78 is 33.8. The molecule has 21 heavy (non-hydrogen) atoms. The smallest absolute Gasteiger partial charge is 0.246 e. The van der Waals surface area contributed by atoms with Crippen LogP contribution in [0.5, 0.6) is 0 Å². The van der Waals surface area contributed by atoms with Crippen LogP contribution in [-0.4, -0.2) is 54.7 Å². The van der Waals surface area contributed by atoms with Crippen LogP contribution in [0.15, 0.2) is 17.3 Å². The van der Waals surface area contributed by atoms with Gasteiger partial charge in [0, 0.05) is 38.8 Å². The molecule has 0 aromatic carbocycles. The Morgan fingerprint density at radius 3 is 2.95 bits per heavy atom. The largest absolute Gasteiger partial charge is 0.380 e. The number of aryl methyl sites for hydroxylation is 1. The number of rotatable bonds is 6. The molecular weight excluding hydrogens is 314 g/mol. The number of ether oxygens (including phenoxy) is 1. The number of piperidine rings is 1. The van der Waals surface area contributed by atoms with E-state index in [9.17, 15) is 8.42 Å². The third kappa shape index (κ3) is 3.77. The molecule has 1 aromatic rings. The Morgan fingerprint density at radius 2 is 2.29 bits per heavy atom. The zero-order valence-electron chi connectivity index (χ0n) is 12.4. The molecule has 8 heteroatoms. The SMILES string of the molecule is COC1CN(S(=O)(=O)c2cnn(CCCCl)c2)CCC1C. The Hall–Kier alpha value is -0.630. The predicted octanol–water partition coefficient (Wildman–Crippen LogP) is 1.56. The summed E-state index contributed by atoms with van der Waals surface area (Å²) in [5.74, 6) is 0.898. The summed E-state index contributed by atoms with van der Waals surface area (Å²) in [6, 6.07) is 0. The Labute approximate surface area is 131 Å². The maximum Gasteiger partial charge on any atom is 0.246 e. The van der Waals surface area contributed by atoms with Crippen LogP contribution in [0.2, 0.25) is 0 Å². The number of nitrogens with zero attached hydrogens (tertiary/aromatic N) is 3. The van der Waals surface area contributed by atoms with Crippen molar-refractivity contribution in [2.75, 3.05) is 26.1 Å². The fourth-order valence-corrected chi connectivity index (χ4v) is 4.04. The molecule has 0 bridgehead atoms. The van der Waals surface area contributed by atoms with E-state index in [1.54, 1.807) is 18.0 Å². The minimum Gasteiger partial charge on any atom is -0.380 e. The topological polar surface area (TPSA) is 64.4 Å². The number of methoxy groups -OCH3 is 1. The molecule has 1 aliphatic rings. The molecule has 2 rings (SSSR count). The molecular formula is C13H22ClN3O3S. The van der Waals surface area contributed by atoms with Crippen molar-refractivity contribution in [3.05, 3.63) is 12.4 Å². The average Bonchev–Trinajstić information content (AvgIpc) is 2.95. The third-order valence-electron chi connectivity index (χ3n) is 3.92. The first kappa shape index (κ1) is 16.7. The molecule has 0 radical (unpaired) electrons. The second-order valence-corrected chi connectivity index (χ2v) is 7.70. The molecule has 0 saturated carbocycles. The van der Waals surface area contributed by atoms with E-state index >= 15 is 0 Å². The second-order valence-electron chi connectivity index (χ2n) is 5.38. The van der Waals surface area contributed by atoms with Crippen molar-refractivity contribution in [1.29, 1.82) is 0 Å². The van der Waals surface area contributed by atoms with E-state index in [0.29, 0.717) is 31.4 Å². The van der Waals surface area contributed by atoms with Gasteiger partial charge < -0.3 is 4.74 Å². The Balaban J connectivity index is 2.12. The summed E-state index contributed by atoms with van der Waals surface area (Å²) in [6.07, 6.45) is 4.48. The van der Waals surface area contributed by atoms with Gasteiger partial charge >= 0.3 is 0 Å². The van der Waals surface area contributed by atoms with Crippen molar-refractivity contribution < 1.29 is 13.2 Å². The lowest BCUT2D eigenvalue weighted by atomic mass is 9.97. The molecule has 0 amide bonds. The minimum atomic E-state index is -3.50. The third-order valence-corrected chi connectivity index (χ3v) is 6.01. The van der Waals surface area contributed by atoms with Crippen LogP contribution in [0.25, 0.3) is 0 Å². The molecule has 2 atom stereocenters. The van der Waals surface area contributed by atoms with Gasteiger partial charge in [-0.05, 0) is 18.8 Å². The van der Waals surface area contributed by atoms with Crippen LogP contribution in [0.1, 0.15) is 19.8 Å². The van der Waals surface area contributed by atoms with Crippen LogP contribution in [0, 0.1) is 5.92 Å². The lowest BCUT2D eigenvalue weighted by Gasteiger charge is -2.35. The quantitative estimate of drug-likeness (QED) is 0.740. The molecule has 1 aromatic heterocycles. The van der Waals surface area contributed by atoms with Crippen molar-refractivity contribution in [3.8, 4) is 0 Å². The molecule has 0 aliphatic carbocycles. The van der Waals surface area contributed by atoms with Gasteiger partial charge in [-0.15, -0.1) is 11.6 Å². The summed E-state index contributed by atoms with van der Waals surface area (Å²) in [6.45, 7) is 3.63. The van der Waals surface area contributed by atoms with E-state index in [1.807, 2.05) is 0 Å². The van der Waals surface area contributed by atoms with E-state index in [-0.39, 0.29) is 11.0 Å². The van der Waals surface area contributed by atoms with Crippen molar-refractivity contribution in [2.24, 2.45) is 5.92 Å². The zero-order valence-corrected chi connectivity index (χ0v) is 14.0. The molecule has 120 valence electrons. The summed E-state index contributed by atoms with van der Waals surface area (Å²) >= 11 is 5.63. The number of aromatic nitrogens is 2. The van der Waals surface area contributed by atoms with Gasteiger partial charge in [0.1, 0.15) is 4.90 Å². The van der Waals surface area contributed by atoms with E-state index in [0.717, 1.165) is 12.8 Å². The summed E-state index contributed by atoms with van der Waals surface area (Å²) in [4.78, 5) is 0.237. The van der Waals surface area contributed by atoms with Crippen LogP contribution >= 0.6 is 11.6 Å². The van der Waals surface area contributed by atoms with Gasteiger partial charge in [-0.3, -0.25) is 4.68 Å². The zero-order chi connectivity index (χ0) is 15.5. The molecule has 1 fully saturated rings. The molecule has 0 spiro atoms. The van der Waals surface area contributed by atoms with Crippen molar-refractivity contribution >= 4 is 21.6 Å². The highest BCUT2D eigenvalue weighted by Gasteiger charge is 2.34. The highest BCUT2D eigenvalue weighted by molar-refractivity contribution is 7.89. The monoisotopic (exact) mass is 335 g/mol. The van der Waals surface area contributed by atoms with E-state index in [4.69, 9.17) is 16.3 Å². The van der Waals surface area contributed by atoms with Crippen LogP contribution in [-0.2, 0) is 21.3 Å². The van der Waals surface area contributed by atoms with Gasteiger partial charge in [-0.1, -0.05) is 6.92 Å². The second kappa shape index (κ2) is 7.09. The van der Waals surface area contributed by atoms with Crippen molar-refractivity contribution in [2.45, 2.75) is 37.3 Å². The average molecular weight is 336 g/mol. The van der Waals surface area contributed by atoms with Gasteiger partial charge in [-0.25, -0.2) is 8.42 Å². The summed E-state index contributed by atoms with van der Waals surface area (Å²) in [5, 5.41) is 4.09. The highest BCUT2D eigenvalue weighted by Crippen LogP contribution is 2.25. The summed E-state index contributed by atoms with van der Waals surface area (Å²) in [7, 11) is -1.87. The molecule has 1 saturated heterocycles. The number of hydrogen-bond donors (Lipinski definition) is 0. The van der Waals surface area contributed by atoms with E-state index in [1.165, 1.54) is 10.5 Å². The normalized spacial score (nSPS) is 24.3. The maximum atomic E-state index is 12.6. The molecule has 1 aliphatic heterocycles. The Bertz CT molecular complexity index is 561. The standard InChI is InChI=1S/C13H22ClN3O3S/c1-11-4-7-17(10-13(11)20-2)21(18,19)12-8-15-16(9-12)6-3-5-14/h8-9,11,13H,3-7,10H2,1-2H3. The lowest BCUT2D eigenvalue weighted by Crippen LogP contribution is -2.46. The Morgan fingerprint density at radius 1 is 1.52 bits per heavy atom. The van der Waals surface area contributed by atoms with Crippen molar-refractivity contribution in [1.82, 2.24) is 14.1 Å². The Kier molecular flexibility index (Phi) is 5.65. The highest BCUT2D eigenvalue weighted by atomic mass is 35.5. The molecule has 0 N–H and O–H groups in total. The number of alkyl halides is 1. The van der Waals surface area contributed by atoms with Crippen molar-refractivity contribution in [3.63, 3.8) is 0 Å². The van der Waals surface area contributed by atoms with Gasteiger partial charge in [0.15, 0.2) is 0 Å². The van der Waals surface area contributed by atoms with Gasteiger partial charge in [0.05, 0.1) is 12.3 Å². The molecule has 2 unspecified atom stereocenters.